The van der Waals surface area contributed by atoms with Gasteiger partial charge < -0.3 is 10.2 Å². The number of carbonyl (C=O) groups excluding carboxylic acids is 2. The maximum absolute atomic E-state index is 12.0. The first-order chi connectivity index (χ1) is 8.65. The molecule has 2 amide bonds. The molecule has 0 aromatic carbocycles. The van der Waals surface area contributed by atoms with E-state index in [1.807, 2.05) is 0 Å². The summed E-state index contributed by atoms with van der Waals surface area (Å²) >= 11 is 0. The number of likely N-dealkylation sites (N-methyl/N-ethyl adjacent to an activating group) is 1. The highest BCUT2D eigenvalue weighted by atomic mass is 16.2. The number of carbonyl (C=O) groups is 2. The Kier molecular flexibility index (Phi) is 3.11. The molecule has 0 aliphatic carbocycles. The fourth-order valence-electron chi connectivity index (χ4n) is 3.48. The van der Waals surface area contributed by atoms with E-state index in [1.165, 1.54) is 30.8 Å². The summed E-state index contributed by atoms with van der Waals surface area (Å²) in [5, 5.41) is 3.50. The van der Waals surface area contributed by atoms with Gasteiger partial charge in [-0.25, -0.2) is 0 Å². The number of piperidine rings is 4. The van der Waals surface area contributed by atoms with Gasteiger partial charge in [0.25, 0.3) is 0 Å². The van der Waals surface area contributed by atoms with Gasteiger partial charge in [-0.05, 0) is 38.3 Å². The second-order valence-electron chi connectivity index (χ2n) is 5.79. The SMILES string of the molecule is CN1C(=O)CCC(NC2CN3CCC2CC3)C1=O. The van der Waals surface area contributed by atoms with E-state index in [4.69, 9.17) is 0 Å². The summed E-state index contributed by atoms with van der Waals surface area (Å²) in [7, 11) is 1.59. The molecule has 4 aliphatic heterocycles. The predicted molar refractivity (Wildman–Crippen MR) is 66.9 cm³/mol. The second-order valence-corrected chi connectivity index (χ2v) is 5.79. The van der Waals surface area contributed by atoms with Crippen molar-refractivity contribution in [3.63, 3.8) is 0 Å². The Morgan fingerprint density at radius 3 is 2.50 bits per heavy atom. The number of likely N-dealkylation sites (tertiary alicyclic amines) is 1. The largest absolute Gasteiger partial charge is 0.302 e. The predicted octanol–water partition coefficient (Wildman–Crippen LogP) is -0.182. The van der Waals surface area contributed by atoms with Crippen LogP contribution in [-0.4, -0.2) is 60.4 Å². The van der Waals surface area contributed by atoms with Crippen LogP contribution in [0.2, 0.25) is 0 Å². The van der Waals surface area contributed by atoms with E-state index < -0.39 is 0 Å². The van der Waals surface area contributed by atoms with Crippen molar-refractivity contribution in [3.05, 3.63) is 0 Å². The Balaban J connectivity index is 1.63. The van der Waals surface area contributed by atoms with E-state index in [0.717, 1.165) is 6.54 Å². The number of amides is 2. The van der Waals surface area contributed by atoms with Crippen LogP contribution in [0.1, 0.15) is 25.7 Å². The Bertz CT molecular complexity index is 363. The first-order valence-electron chi connectivity index (χ1n) is 6.94. The van der Waals surface area contributed by atoms with Crippen LogP contribution >= 0.6 is 0 Å². The Morgan fingerprint density at radius 2 is 1.89 bits per heavy atom. The lowest BCUT2D eigenvalue weighted by Crippen LogP contribution is -2.61. The molecule has 4 rings (SSSR count). The molecule has 2 unspecified atom stereocenters. The van der Waals surface area contributed by atoms with Crippen molar-refractivity contribution in [3.8, 4) is 0 Å². The zero-order valence-electron chi connectivity index (χ0n) is 10.9. The number of hydrogen-bond acceptors (Lipinski definition) is 4. The molecule has 1 N–H and O–H groups in total. The van der Waals surface area contributed by atoms with Crippen LogP contribution in [-0.2, 0) is 9.59 Å². The van der Waals surface area contributed by atoms with E-state index in [1.54, 1.807) is 7.05 Å². The van der Waals surface area contributed by atoms with E-state index >= 15 is 0 Å². The molecule has 18 heavy (non-hydrogen) atoms. The molecule has 2 atom stereocenters. The highest BCUT2D eigenvalue weighted by molar-refractivity contribution is 6.00. The van der Waals surface area contributed by atoms with Gasteiger partial charge in [-0.15, -0.1) is 0 Å². The van der Waals surface area contributed by atoms with Crippen LogP contribution in [0.5, 0.6) is 0 Å². The molecule has 0 saturated carbocycles. The van der Waals surface area contributed by atoms with E-state index in [0.29, 0.717) is 24.8 Å². The van der Waals surface area contributed by atoms with Gasteiger partial charge in [0.2, 0.25) is 11.8 Å². The molecule has 0 spiro atoms. The standard InChI is InChI=1S/C13H21N3O2/c1-15-12(17)3-2-10(13(15)18)14-11-8-16-6-4-9(11)5-7-16/h9-11,14H,2-8H2,1H3. The molecular formula is C13H21N3O2. The zero-order valence-corrected chi connectivity index (χ0v) is 10.9. The first-order valence-corrected chi connectivity index (χ1v) is 6.94. The minimum atomic E-state index is -0.154. The molecule has 4 fully saturated rings. The third kappa shape index (κ3) is 2.06. The molecule has 0 aromatic rings. The fourth-order valence-corrected chi connectivity index (χ4v) is 3.48. The maximum Gasteiger partial charge on any atom is 0.246 e. The average Bonchev–Trinajstić information content (AvgIpc) is 2.41. The average molecular weight is 251 g/mol. The Labute approximate surface area is 107 Å². The minimum absolute atomic E-state index is 0.0491. The van der Waals surface area contributed by atoms with E-state index in [2.05, 4.69) is 10.2 Å². The number of rotatable bonds is 2. The van der Waals surface area contributed by atoms with Gasteiger partial charge >= 0.3 is 0 Å². The van der Waals surface area contributed by atoms with Gasteiger partial charge in [0.15, 0.2) is 0 Å². The van der Waals surface area contributed by atoms with Crippen LogP contribution in [0.15, 0.2) is 0 Å². The summed E-state index contributed by atoms with van der Waals surface area (Å²) in [6.45, 7) is 3.48. The van der Waals surface area contributed by atoms with Crippen molar-refractivity contribution in [1.29, 1.82) is 0 Å². The Hall–Kier alpha value is -0.940. The van der Waals surface area contributed by atoms with Crippen LogP contribution < -0.4 is 5.32 Å². The molecule has 100 valence electrons. The number of nitrogens with one attached hydrogen (secondary N) is 1. The third-order valence-electron chi connectivity index (χ3n) is 4.72. The summed E-state index contributed by atoms with van der Waals surface area (Å²) in [6, 6.07) is 0.279. The van der Waals surface area contributed by atoms with Crippen molar-refractivity contribution in [1.82, 2.24) is 15.1 Å². The molecule has 5 heteroatoms. The van der Waals surface area contributed by atoms with Crippen LogP contribution in [0.4, 0.5) is 0 Å². The lowest BCUT2D eigenvalue weighted by atomic mass is 9.83. The quantitative estimate of drug-likeness (QED) is 0.692. The van der Waals surface area contributed by atoms with Gasteiger partial charge in [-0.3, -0.25) is 14.5 Å². The van der Waals surface area contributed by atoms with Crippen molar-refractivity contribution in [2.45, 2.75) is 37.8 Å². The van der Waals surface area contributed by atoms with Crippen LogP contribution in [0, 0.1) is 5.92 Å². The summed E-state index contributed by atoms with van der Waals surface area (Å²) in [5.41, 5.74) is 0. The van der Waals surface area contributed by atoms with Crippen molar-refractivity contribution < 1.29 is 9.59 Å². The van der Waals surface area contributed by atoms with Gasteiger partial charge in [0.1, 0.15) is 0 Å². The highest BCUT2D eigenvalue weighted by Gasteiger charge is 2.38. The van der Waals surface area contributed by atoms with Crippen LogP contribution in [0.3, 0.4) is 0 Å². The fraction of sp³-hybridized carbons (Fsp3) is 0.846. The molecule has 0 radical (unpaired) electrons. The summed E-state index contributed by atoms with van der Waals surface area (Å²) < 4.78 is 0. The normalized spacial score (nSPS) is 40.4. The highest BCUT2D eigenvalue weighted by Crippen LogP contribution is 2.28. The van der Waals surface area contributed by atoms with Gasteiger partial charge in [0.05, 0.1) is 6.04 Å². The lowest BCUT2D eigenvalue weighted by molar-refractivity contribution is -0.148. The number of imide groups is 1. The molecule has 4 aliphatic rings. The van der Waals surface area contributed by atoms with Crippen LogP contribution in [0.25, 0.3) is 0 Å². The summed E-state index contributed by atoms with van der Waals surface area (Å²) in [4.78, 5) is 27.2. The maximum atomic E-state index is 12.0. The minimum Gasteiger partial charge on any atom is -0.302 e. The lowest BCUT2D eigenvalue weighted by Gasteiger charge is -2.46. The third-order valence-corrected chi connectivity index (χ3v) is 4.72. The topological polar surface area (TPSA) is 52.7 Å². The van der Waals surface area contributed by atoms with Crippen molar-refractivity contribution in [2.75, 3.05) is 26.7 Å². The summed E-state index contributed by atoms with van der Waals surface area (Å²) in [6.07, 6.45) is 3.63. The molecular weight excluding hydrogens is 230 g/mol. The monoisotopic (exact) mass is 251 g/mol. The van der Waals surface area contributed by atoms with Gasteiger partial charge in [-0.2, -0.15) is 0 Å². The van der Waals surface area contributed by atoms with Crippen molar-refractivity contribution in [2.24, 2.45) is 5.92 Å². The van der Waals surface area contributed by atoms with Crippen molar-refractivity contribution >= 4 is 11.8 Å². The molecule has 2 bridgehead atoms. The molecule has 5 nitrogen and oxygen atoms in total. The molecule has 4 heterocycles. The number of nitrogens with zero attached hydrogens (tertiary/aromatic N) is 2. The van der Waals surface area contributed by atoms with Gasteiger partial charge in [-0.1, -0.05) is 0 Å². The smallest absolute Gasteiger partial charge is 0.246 e. The van der Waals surface area contributed by atoms with E-state index in [-0.39, 0.29) is 17.9 Å². The zero-order chi connectivity index (χ0) is 12.7. The number of fused-ring (bicyclic) bond motifs is 3. The van der Waals surface area contributed by atoms with E-state index in [9.17, 15) is 9.59 Å². The Morgan fingerprint density at radius 1 is 1.17 bits per heavy atom. The number of hydrogen-bond donors (Lipinski definition) is 1. The summed E-state index contributed by atoms with van der Waals surface area (Å²) in [5.74, 6) is 0.611. The molecule has 4 saturated heterocycles. The molecule has 0 aromatic heterocycles. The second kappa shape index (κ2) is 4.63. The van der Waals surface area contributed by atoms with Gasteiger partial charge in [0, 0.05) is 26.1 Å². The first kappa shape index (κ1) is 12.1.